The highest BCUT2D eigenvalue weighted by Gasteiger charge is 2.28. The molecule has 22 heavy (non-hydrogen) atoms. The number of hydrogen-bond acceptors (Lipinski definition) is 2. The van der Waals surface area contributed by atoms with E-state index in [1.54, 1.807) is 0 Å². The van der Waals surface area contributed by atoms with Gasteiger partial charge in [-0.2, -0.15) is 0 Å². The van der Waals surface area contributed by atoms with Crippen molar-refractivity contribution < 1.29 is 4.79 Å². The Kier molecular flexibility index (Phi) is 5.02. The fraction of sp³-hybridized carbons (Fsp3) is 0.350. The summed E-state index contributed by atoms with van der Waals surface area (Å²) in [7, 11) is 0. The maximum Gasteiger partial charge on any atom is 0.123 e. The number of carbonyl (C=O) groups excluding carboxylic acids is 1. The third-order valence-corrected chi connectivity index (χ3v) is 4.61. The number of nitrogens with zero attached hydrogens (tertiary/aromatic N) is 1. The lowest BCUT2D eigenvalue weighted by Crippen LogP contribution is -2.43. The van der Waals surface area contributed by atoms with Gasteiger partial charge in [0.2, 0.25) is 0 Å². The lowest BCUT2D eigenvalue weighted by molar-refractivity contribution is -0.113. The molecular weight excluding hydrogens is 270 g/mol. The van der Waals surface area contributed by atoms with E-state index in [2.05, 4.69) is 65.6 Å². The van der Waals surface area contributed by atoms with Crippen LogP contribution >= 0.6 is 0 Å². The summed E-state index contributed by atoms with van der Waals surface area (Å²) >= 11 is 0. The molecule has 2 aromatic carbocycles. The van der Waals surface area contributed by atoms with Crippen LogP contribution in [0, 0.1) is 5.92 Å². The second-order valence-electron chi connectivity index (χ2n) is 6.22. The number of hydrogen-bond donors (Lipinski definition) is 0. The van der Waals surface area contributed by atoms with Gasteiger partial charge in [0.05, 0.1) is 0 Å². The zero-order valence-corrected chi connectivity index (χ0v) is 12.9. The molecule has 3 rings (SSSR count). The number of carbonyl (C=O) groups is 1. The van der Waals surface area contributed by atoms with Crippen LogP contribution in [-0.4, -0.2) is 23.8 Å². The minimum absolute atomic E-state index is 0.223. The van der Waals surface area contributed by atoms with Gasteiger partial charge in [0.15, 0.2) is 0 Å². The first-order chi connectivity index (χ1) is 10.8. The van der Waals surface area contributed by atoms with Crippen LogP contribution in [0.1, 0.15) is 24.0 Å². The smallest absolute Gasteiger partial charge is 0.123 e. The van der Waals surface area contributed by atoms with E-state index in [-0.39, 0.29) is 5.92 Å². The SMILES string of the molecule is O=CC1CCN(Cc2ccccc2)C(Cc2ccccc2)C1. The molecule has 114 valence electrons. The predicted octanol–water partition coefficient (Wildman–Crippen LogP) is 3.71. The van der Waals surface area contributed by atoms with Gasteiger partial charge in [-0.3, -0.25) is 4.90 Å². The monoisotopic (exact) mass is 293 g/mol. The molecule has 1 aliphatic heterocycles. The molecule has 0 bridgehead atoms. The van der Waals surface area contributed by atoms with E-state index in [1.807, 2.05) is 0 Å². The molecule has 1 aliphatic rings. The first-order valence-electron chi connectivity index (χ1n) is 8.12. The van der Waals surface area contributed by atoms with Crippen molar-refractivity contribution in [1.82, 2.24) is 4.90 Å². The van der Waals surface area contributed by atoms with Crippen LogP contribution in [-0.2, 0) is 17.8 Å². The lowest BCUT2D eigenvalue weighted by atomic mass is 9.88. The number of likely N-dealkylation sites (tertiary alicyclic amines) is 1. The Bertz CT molecular complexity index is 581. The van der Waals surface area contributed by atoms with E-state index < -0.39 is 0 Å². The molecule has 0 aromatic heterocycles. The van der Waals surface area contributed by atoms with Gasteiger partial charge in [0.25, 0.3) is 0 Å². The van der Waals surface area contributed by atoms with E-state index in [4.69, 9.17) is 0 Å². The molecular formula is C20H23NO. The summed E-state index contributed by atoms with van der Waals surface area (Å²) in [6, 6.07) is 21.7. The molecule has 0 radical (unpaired) electrons. The summed E-state index contributed by atoms with van der Waals surface area (Å²) in [5.41, 5.74) is 2.71. The summed E-state index contributed by atoms with van der Waals surface area (Å²) in [5, 5.41) is 0. The van der Waals surface area contributed by atoms with Crippen LogP contribution in [0.25, 0.3) is 0 Å². The van der Waals surface area contributed by atoms with Gasteiger partial charge in [0, 0.05) is 18.5 Å². The highest BCUT2D eigenvalue weighted by Crippen LogP contribution is 2.26. The lowest BCUT2D eigenvalue weighted by Gasteiger charge is -2.38. The van der Waals surface area contributed by atoms with Crippen molar-refractivity contribution in [2.75, 3.05) is 6.54 Å². The average molecular weight is 293 g/mol. The zero-order chi connectivity index (χ0) is 15.2. The second kappa shape index (κ2) is 7.37. The third-order valence-electron chi connectivity index (χ3n) is 4.61. The largest absolute Gasteiger partial charge is 0.303 e. The number of piperidine rings is 1. The van der Waals surface area contributed by atoms with Gasteiger partial charge in [-0.15, -0.1) is 0 Å². The first-order valence-corrected chi connectivity index (χ1v) is 8.12. The van der Waals surface area contributed by atoms with Crippen molar-refractivity contribution in [2.45, 2.75) is 31.8 Å². The molecule has 0 amide bonds. The van der Waals surface area contributed by atoms with Crippen LogP contribution < -0.4 is 0 Å². The van der Waals surface area contributed by atoms with Crippen molar-refractivity contribution in [3.05, 3.63) is 71.8 Å². The molecule has 0 N–H and O–H groups in total. The van der Waals surface area contributed by atoms with Crippen molar-refractivity contribution >= 4 is 6.29 Å². The number of rotatable bonds is 5. The molecule has 2 unspecified atom stereocenters. The Morgan fingerprint density at radius 1 is 0.955 bits per heavy atom. The fourth-order valence-corrected chi connectivity index (χ4v) is 3.38. The molecule has 0 aliphatic carbocycles. The van der Waals surface area contributed by atoms with Gasteiger partial charge >= 0.3 is 0 Å². The van der Waals surface area contributed by atoms with Crippen molar-refractivity contribution in [1.29, 1.82) is 0 Å². The third kappa shape index (κ3) is 3.83. The standard InChI is InChI=1S/C20H23NO/c22-16-19-11-12-21(15-18-9-5-2-6-10-18)20(14-19)13-17-7-3-1-4-8-17/h1-10,16,19-20H,11-15H2. The number of aldehydes is 1. The van der Waals surface area contributed by atoms with Crippen molar-refractivity contribution in [2.24, 2.45) is 5.92 Å². The van der Waals surface area contributed by atoms with Gasteiger partial charge in [0.1, 0.15) is 6.29 Å². The molecule has 2 heteroatoms. The van der Waals surface area contributed by atoms with Crippen molar-refractivity contribution in [3.8, 4) is 0 Å². The Hall–Kier alpha value is -1.93. The molecule has 2 aromatic rings. The van der Waals surface area contributed by atoms with Gasteiger partial charge in [-0.1, -0.05) is 60.7 Å². The van der Waals surface area contributed by atoms with Crippen LogP contribution in [0.5, 0.6) is 0 Å². The maximum atomic E-state index is 11.2. The highest BCUT2D eigenvalue weighted by atomic mass is 16.1. The summed E-state index contributed by atoms with van der Waals surface area (Å²) in [4.78, 5) is 13.7. The highest BCUT2D eigenvalue weighted by molar-refractivity contribution is 5.53. The molecule has 2 nitrogen and oxygen atoms in total. The van der Waals surface area contributed by atoms with Crippen LogP contribution in [0.3, 0.4) is 0 Å². The maximum absolute atomic E-state index is 11.2. The average Bonchev–Trinajstić information content (AvgIpc) is 2.58. The van der Waals surface area contributed by atoms with E-state index in [9.17, 15) is 4.79 Å². The van der Waals surface area contributed by atoms with Gasteiger partial charge in [-0.25, -0.2) is 0 Å². The first kappa shape index (κ1) is 15.0. The van der Waals surface area contributed by atoms with Crippen LogP contribution in [0.2, 0.25) is 0 Å². The topological polar surface area (TPSA) is 20.3 Å². The Labute approximate surface area is 132 Å². The minimum Gasteiger partial charge on any atom is -0.303 e. The zero-order valence-electron chi connectivity index (χ0n) is 12.9. The Morgan fingerprint density at radius 2 is 1.59 bits per heavy atom. The normalized spacial score (nSPS) is 22.4. The van der Waals surface area contributed by atoms with E-state index in [1.165, 1.54) is 11.1 Å². The Morgan fingerprint density at radius 3 is 2.23 bits per heavy atom. The van der Waals surface area contributed by atoms with Crippen LogP contribution in [0.15, 0.2) is 60.7 Å². The molecule has 1 saturated heterocycles. The van der Waals surface area contributed by atoms with E-state index in [0.29, 0.717) is 6.04 Å². The molecule has 1 heterocycles. The summed E-state index contributed by atoms with van der Waals surface area (Å²) in [6.07, 6.45) is 4.14. The minimum atomic E-state index is 0.223. The second-order valence-corrected chi connectivity index (χ2v) is 6.22. The molecule has 2 atom stereocenters. The molecule has 0 spiro atoms. The fourth-order valence-electron chi connectivity index (χ4n) is 3.38. The summed E-state index contributed by atoms with van der Waals surface area (Å²) < 4.78 is 0. The number of benzene rings is 2. The quantitative estimate of drug-likeness (QED) is 0.783. The van der Waals surface area contributed by atoms with Gasteiger partial charge in [-0.05, 0) is 36.9 Å². The van der Waals surface area contributed by atoms with E-state index >= 15 is 0 Å². The predicted molar refractivity (Wildman–Crippen MR) is 89.6 cm³/mol. The van der Waals surface area contributed by atoms with Gasteiger partial charge < -0.3 is 4.79 Å². The Balaban J connectivity index is 1.72. The molecule has 0 saturated carbocycles. The van der Waals surface area contributed by atoms with E-state index in [0.717, 1.165) is 38.6 Å². The van der Waals surface area contributed by atoms with Crippen molar-refractivity contribution in [3.63, 3.8) is 0 Å². The summed E-state index contributed by atoms with van der Waals surface area (Å²) in [6.45, 7) is 1.99. The summed E-state index contributed by atoms with van der Waals surface area (Å²) in [5.74, 6) is 0.223. The van der Waals surface area contributed by atoms with Crippen LogP contribution in [0.4, 0.5) is 0 Å². The molecule has 1 fully saturated rings.